The summed E-state index contributed by atoms with van der Waals surface area (Å²) >= 11 is 0. The maximum atomic E-state index is 12.7. The molecule has 27 heavy (non-hydrogen) atoms. The molecular formula is C20H20F3NO3. The average molecular weight is 379 g/mol. The molecule has 0 aliphatic heterocycles. The molecule has 1 aliphatic rings. The number of alkyl halides is 3. The molecule has 7 heteroatoms. The zero-order valence-electron chi connectivity index (χ0n) is 14.8. The summed E-state index contributed by atoms with van der Waals surface area (Å²) in [4.78, 5) is 12.2. The molecule has 144 valence electrons. The number of carbonyl (C=O) groups excluding carboxylic acids is 1. The van der Waals surface area contributed by atoms with Gasteiger partial charge in [-0.2, -0.15) is 13.2 Å². The number of ether oxygens (including phenoxy) is 2. The first kappa shape index (κ1) is 19.1. The van der Waals surface area contributed by atoms with Crippen LogP contribution in [0.2, 0.25) is 0 Å². The van der Waals surface area contributed by atoms with E-state index in [1.54, 1.807) is 7.11 Å². The number of amides is 1. The van der Waals surface area contributed by atoms with E-state index in [4.69, 9.17) is 9.47 Å². The Hall–Kier alpha value is -2.70. The second-order valence-electron chi connectivity index (χ2n) is 6.39. The molecule has 0 aromatic heterocycles. The van der Waals surface area contributed by atoms with Crippen molar-refractivity contribution in [1.82, 2.24) is 5.32 Å². The van der Waals surface area contributed by atoms with E-state index >= 15 is 0 Å². The molecule has 3 rings (SSSR count). The summed E-state index contributed by atoms with van der Waals surface area (Å²) in [7, 11) is 1.61. The maximum Gasteiger partial charge on any atom is 0.416 e. The summed E-state index contributed by atoms with van der Waals surface area (Å²) in [5, 5.41) is 2.90. The van der Waals surface area contributed by atoms with Crippen molar-refractivity contribution in [3.05, 3.63) is 59.2 Å². The topological polar surface area (TPSA) is 47.6 Å². The first-order chi connectivity index (χ1) is 12.9. The Bertz CT molecular complexity index is 820. The molecule has 0 unspecified atom stereocenters. The minimum absolute atomic E-state index is 0.00811. The van der Waals surface area contributed by atoms with Crippen molar-refractivity contribution in [2.75, 3.05) is 13.7 Å². The standard InChI is InChI=1S/C20H20F3NO3/c1-26-15-8-9-17-13(10-15)4-2-7-18(17)24-19(25)12-27-16-6-3-5-14(11-16)20(21,22)23/h3,5-6,8-11,18H,2,4,7,12H2,1H3,(H,24,25)/t18-/m1/s1. The van der Waals surface area contributed by atoms with Gasteiger partial charge in [-0.1, -0.05) is 12.1 Å². The molecule has 2 aromatic rings. The third-order valence-electron chi connectivity index (χ3n) is 4.53. The first-order valence-corrected chi connectivity index (χ1v) is 8.63. The van der Waals surface area contributed by atoms with E-state index in [2.05, 4.69) is 5.32 Å². The van der Waals surface area contributed by atoms with Crippen molar-refractivity contribution in [2.45, 2.75) is 31.5 Å². The zero-order chi connectivity index (χ0) is 19.4. The molecule has 0 bridgehead atoms. The van der Waals surface area contributed by atoms with Gasteiger partial charge < -0.3 is 14.8 Å². The van der Waals surface area contributed by atoms with Gasteiger partial charge in [-0.25, -0.2) is 0 Å². The maximum absolute atomic E-state index is 12.7. The van der Waals surface area contributed by atoms with Gasteiger partial charge in [0, 0.05) is 0 Å². The van der Waals surface area contributed by atoms with E-state index in [1.807, 2.05) is 18.2 Å². The molecule has 1 N–H and O–H groups in total. The molecule has 0 heterocycles. The van der Waals surface area contributed by atoms with Crippen LogP contribution in [-0.2, 0) is 17.4 Å². The van der Waals surface area contributed by atoms with Gasteiger partial charge in [-0.3, -0.25) is 4.79 Å². The number of methoxy groups -OCH3 is 1. The van der Waals surface area contributed by atoms with Crippen LogP contribution in [0.15, 0.2) is 42.5 Å². The van der Waals surface area contributed by atoms with Gasteiger partial charge in [0.25, 0.3) is 5.91 Å². The average Bonchev–Trinajstić information content (AvgIpc) is 2.65. The number of nitrogens with one attached hydrogen (secondary N) is 1. The van der Waals surface area contributed by atoms with Gasteiger partial charge in [0.15, 0.2) is 6.61 Å². The van der Waals surface area contributed by atoms with Crippen LogP contribution in [0.25, 0.3) is 0 Å². The summed E-state index contributed by atoms with van der Waals surface area (Å²) in [6.45, 7) is -0.344. The van der Waals surface area contributed by atoms with Crippen molar-refractivity contribution in [2.24, 2.45) is 0 Å². The highest BCUT2D eigenvalue weighted by Gasteiger charge is 2.30. The minimum Gasteiger partial charge on any atom is -0.497 e. The number of carbonyl (C=O) groups is 1. The smallest absolute Gasteiger partial charge is 0.416 e. The fourth-order valence-electron chi connectivity index (χ4n) is 3.21. The van der Waals surface area contributed by atoms with Crippen molar-refractivity contribution >= 4 is 5.91 Å². The molecule has 1 aliphatic carbocycles. The lowest BCUT2D eigenvalue weighted by atomic mass is 9.87. The molecule has 0 saturated heterocycles. The van der Waals surface area contributed by atoms with Gasteiger partial charge in [0.2, 0.25) is 0 Å². The molecule has 0 saturated carbocycles. The number of aryl methyl sites for hydroxylation is 1. The normalized spacial score (nSPS) is 16.4. The van der Waals surface area contributed by atoms with Crippen molar-refractivity contribution in [3.63, 3.8) is 0 Å². The third-order valence-corrected chi connectivity index (χ3v) is 4.53. The van der Waals surface area contributed by atoms with Crippen molar-refractivity contribution in [3.8, 4) is 11.5 Å². The number of hydrogen-bond donors (Lipinski definition) is 1. The molecule has 4 nitrogen and oxygen atoms in total. The van der Waals surface area contributed by atoms with Crippen LogP contribution >= 0.6 is 0 Å². The Morgan fingerprint density at radius 2 is 2.00 bits per heavy atom. The highest BCUT2D eigenvalue weighted by Crippen LogP contribution is 2.33. The summed E-state index contributed by atoms with van der Waals surface area (Å²) in [5.41, 5.74) is 1.36. The Morgan fingerprint density at radius 3 is 2.74 bits per heavy atom. The molecule has 2 aromatic carbocycles. The monoisotopic (exact) mass is 379 g/mol. The predicted molar refractivity (Wildman–Crippen MR) is 93.8 cm³/mol. The highest BCUT2D eigenvalue weighted by atomic mass is 19.4. The van der Waals surface area contributed by atoms with Gasteiger partial charge in [-0.05, 0) is 60.7 Å². The Kier molecular flexibility index (Phi) is 5.58. The van der Waals surface area contributed by atoms with Crippen LogP contribution in [0.1, 0.15) is 35.6 Å². The fourth-order valence-corrected chi connectivity index (χ4v) is 3.21. The molecule has 0 fully saturated rings. The first-order valence-electron chi connectivity index (χ1n) is 8.63. The van der Waals surface area contributed by atoms with Crippen molar-refractivity contribution in [1.29, 1.82) is 0 Å². The van der Waals surface area contributed by atoms with E-state index in [-0.39, 0.29) is 24.3 Å². The van der Waals surface area contributed by atoms with E-state index in [9.17, 15) is 18.0 Å². The second kappa shape index (κ2) is 7.90. The number of fused-ring (bicyclic) bond motifs is 1. The lowest BCUT2D eigenvalue weighted by molar-refractivity contribution is -0.137. The molecular weight excluding hydrogens is 359 g/mol. The number of benzene rings is 2. The number of hydrogen-bond acceptors (Lipinski definition) is 3. The molecule has 0 spiro atoms. The predicted octanol–water partition coefficient (Wildman–Crippen LogP) is 4.29. The lowest BCUT2D eigenvalue weighted by Crippen LogP contribution is -2.34. The molecule has 0 radical (unpaired) electrons. The van der Waals surface area contributed by atoms with Crippen LogP contribution in [0.4, 0.5) is 13.2 Å². The molecule has 1 atom stereocenters. The summed E-state index contributed by atoms with van der Waals surface area (Å²) in [6.07, 6.45) is -1.80. The van der Waals surface area contributed by atoms with Crippen LogP contribution in [-0.4, -0.2) is 19.6 Å². The number of halogens is 3. The van der Waals surface area contributed by atoms with Gasteiger partial charge in [0.1, 0.15) is 11.5 Å². The van der Waals surface area contributed by atoms with E-state index in [0.717, 1.165) is 48.3 Å². The number of rotatable bonds is 5. The van der Waals surface area contributed by atoms with Gasteiger partial charge in [0.05, 0.1) is 18.7 Å². The van der Waals surface area contributed by atoms with Crippen LogP contribution in [0.3, 0.4) is 0 Å². The van der Waals surface area contributed by atoms with Crippen molar-refractivity contribution < 1.29 is 27.4 Å². The van der Waals surface area contributed by atoms with E-state index in [1.165, 1.54) is 12.1 Å². The highest BCUT2D eigenvalue weighted by molar-refractivity contribution is 5.78. The Morgan fingerprint density at radius 1 is 1.19 bits per heavy atom. The Labute approximate surface area is 155 Å². The SMILES string of the molecule is COc1ccc2c(c1)CCC[C@H]2NC(=O)COc1cccc(C(F)(F)F)c1. The summed E-state index contributed by atoms with van der Waals surface area (Å²) in [5.74, 6) is 0.406. The third kappa shape index (κ3) is 4.72. The van der Waals surface area contributed by atoms with Crippen LogP contribution in [0, 0.1) is 0 Å². The summed E-state index contributed by atoms with van der Waals surface area (Å²) in [6, 6.07) is 10.1. The Balaban J connectivity index is 1.61. The van der Waals surface area contributed by atoms with E-state index < -0.39 is 11.7 Å². The van der Waals surface area contributed by atoms with E-state index in [0.29, 0.717) is 0 Å². The summed E-state index contributed by atoms with van der Waals surface area (Å²) < 4.78 is 48.6. The minimum atomic E-state index is -4.45. The fraction of sp³-hybridized carbons (Fsp3) is 0.350. The zero-order valence-corrected chi connectivity index (χ0v) is 14.8. The van der Waals surface area contributed by atoms with Crippen LogP contribution in [0.5, 0.6) is 11.5 Å². The van der Waals surface area contributed by atoms with Gasteiger partial charge in [-0.15, -0.1) is 0 Å². The lowest BCUT2D eigenvalue weighted by Gasteiger charge is -2.26. The quantitative estimate of drug-likeness (QED) is 0.843. The second-order valence-corrected chi connectivity index (χ2v) is 6.39. The van der Waals surface area contributed by atoms with Crippen LogP contribution < -0.4 is 14.8 Å². The van der Waals surface area contributed by atoms with Gasteiger partial charge >= 0.3 is 6.18 Å². The largest absolute Gasteiger partial charge is 0.497 e. The molecule has 1 amide bonds.